The Hall–Kier alpha value is -1.59. The molecule has 0 radical (unpaired) electrons. The Morgan fingerprint density at radius 3 is 2.58 bits per heavy atom. The third-order valence-corrected chi connectivity index (χ3v) is 5.92. The first-order valence-corrected chi connectivity index (χ1v) is 9.96. The van der Waals surface area contributed by atoms with E-state index in [1.807, 2.05) is 24.3 Å². The number of likely N-dealkylation sites (tertiary alicyclic amines) is 1. The number of amides is 1. The van der Waals surface area contributed by atoms with Crippen LogP contribution in [0.25, 0.3) is 0 Å². The summed E-state index contributed by atoms with van der Waals surface area (Å²) in [5.74, 6) is 0.806. The summed E-state index contributed by atoms with van der Waals surface area (Å²) in [6.45, 7) is 5.14. The molecule has 26 heavy (non-hydrogen) atoms. The van der Waals surface area contributed by atoms with Crippen LogP contribution in [0.1, 0.15) is 51.9 Å². The quantitative estimate of drug-likeness (QED) is 0.803. The topological polar surface area (TPSA) is 50.8 Å². The smallest absolute Gasteiger partial charge is 0.256 e. The summed E-state index contributed by atoms with van der Waals surface area (Å²) in [5, 5.41) is 2.99. The Bertz CT molecular complexity index is 581. The lowest BCUT2D eigenvalue weighted by molar-refractivity contribution is -0.136. The van der Waals surface area contributed by atoms with Crippen molar-refractivity contribution >= 4 is 11.6 Å². The van der Waals surface area contributed by atoms with Gasteiger partial charge in [0.05, 0.1) is 0 Å². The normalized spacial score (nSPS) is 22.9. The maximum absolute atomic E-state index is 12.6. The van der Waals surface area contributed by atoms with E-state index >= 15 is 0 Å². The lowest BCUT2D eigenvalue weighted by Crippen LogP contribution is -2.42. The van der Waals surface area contributed by atoms with Gasteiger partial charge in [0, 0.05) is 25.4 Å². The summed E-state index contributed by atoms with van der Waals surface area (Å²) in [6, 6.07) is 8.30. The first kappa shape index (κ1) is 19.2. The molecule has 1 aliphatic heterocycles. The zero-order valence-electron chi connectivity index (χ0n) is 16.1. The second-order valence-electron chi connectivity index (χ2n) is 7.61. The molecule has 1 unspecified atom stereocenters. The van der Waals surface area contributed by atoms with Gasteiger partial charge in [-0.25, -0.2) is 0 Å². The maximum atomic E-state index is 12.6. The lowest BCUT2D eigenvalue weighted by atomic mass is 10.0. The summed E-state index contributed by atoms with van der Waals surface area (Å²) >= 11 is 0. The summed E-state index contributed by atoms with van der Waals surface area (Å²) in [5.41, 5.74) is 0.135. The molecule has 1 saturated heterocycles. The average Bonchev–Trinajstić information content (AvgIpc) is 3.15. The summed E-state index contributed by atoms with van der Waals surface area (Å²) in [6.07, 6.45) is 7.61. The molecule has 1 amide bonds. The Morgan fingerprint density at radius 2 is 1.92 bits per heavy atom. The van der Waals surface area contributed by atoms with Crippen molar-refractivity contribution < 1.29 is 14.3 Å². The number of nitrogens with zero attached hydrogens (tertiary/aromatic N) is 1. The fourth-order valence-electron chi connectivity index (χ4n) is 4.12. The van der Waals surface area contributed by atoms with Crippen molar-refractivity contribution in [3.8, 4) is 5.75 Å². The molecule has 2 fully saturated rings. The van der Waals surface area contributed by atoms with Crippen molar-refractivity contribution in [3.63, 3.8) is 0 Å². The minimum Gasteiger partial charge on any atom is -0.492 e. The molecule has 5 nitrogen and oxygen atoms in total. The van der Waals surface area contributed by atoms with E-state index in [0.717, 1.165) is 43.7 Å². The van der Waals surface area contributed by atoms with Crippen molar-refractivity contribution in [2.75, 3.05) is 32.1 Å². The standard InChI is InChI=1S/C21H32N2O3/c1-17-7-3-6-14-23(17)15-16-26-19-10-8-18(9-11-19)22-20(24)21(25-2)12-4-5-13-21/h8-11,17H,3-7,12-16H2,1-2H3,(H,22,24). The number of carbonyl (C=O) groups excluding carboxylic acids is 1. The second-order valence-corrected chi connectivity index (χ2v) is 7.61. The fraction of sp³-hybridized carbons (Fsp3) is 0.667. The van der Waals surface area contributed by atoms with Gasteiger partial charge in [-0.2, -0.15) is 0 Å². The van der Waals surface area contributed by atoms with E-state index in [9.17, 15) is 4.79 Å². The van der Waals surface area contributed by atoms with Gasteiger partial charge in [-0.3, -0.25) is 9.69 Å². The van der Waals surface area contributed by atoms with Gasteiger partial charge in [-0.1, -0.05) is 6.42 Å². The van der Waals surface area contributed by atoms with Crippen LogP contribution in [0.4, 0.5) is 5.69 Å². The highest BCUT2D eigenvalue weighted by Crippen LogP contribution is 2.33. The Kier molecular flexibility index (Phi) is 6.54. The summed E-state index contributed by atoms with van der Waals surface area (Å²) in [4.78, 5) is 15.1. The Labute approximate surface area is 157 Å². The molecule has 1 heterocycles. The van der Waals surface area contributed by atoms with Crippen LogP contribution in [0.15, 0.2) is 24.3 Å². The first-order valence-electron chi connectivity index (χ1n) is 9.96. The predicted molar refractivity (Wildman–Crippen MR) is 104 cm³/mol. The largest absolute Gasteiger partial charge is 0.492 e. The predicted octanol–water partition coefficient (Wildman–Crippen LogP) is 3.84. The van der Waals surface area contributed by atoms with Crippen LogP contribution in [0.3, 0.4) is 0 Å². The van der Waals surface area contributed by atoms with Gasteiger partial charge in [0.25, 0.3) is 5.91 Å². The summed E-state index contributed by atoms with van der Waals surface area (Å²) in [7, 11) is 1.63. The molecule has 1 N–H and O–H groups in total. The van der Waals surface area contributed by atoms with E-state index in [-0.39, 0.29) is 5.91 Å². The SMILES string of the molecule is COC1(C(=O)Nc2ccc(OCCN3CCCCC3C)cc2)CCCC1. The molecule has 144 valence electrons. The minimum absolute atomic E-state index is 0.0368. The van der Waals surface area contributed by atoms with Crippen molar-refractivity contribution in [2.45, 2.75) is 63.5 Å². The molecule has 2 aliphatic rings. The Morgan fingerprint density at radius 1 is 1.19 bits per heavy atom. The second kappa shape index (κ2) is 8.87. The van der Waals surface area contributed by atoms with Gasteiger partial charge in [0.2, 0.25) is 0 Å². The van der Waals surface area contributed by atoms with Crippen molar-refractivity contribution in [1.82, 2.24) is 4.90 Å². The number of hydrogen-bond acceptors (Lipinski definition) is 4. The van der Waals surface area contributed by atoms with Crippen molar-refractivity contribution in [1.29, 1.82) is 0 Å². The maximum Gasteiger partial charge on any atom is 0.256 e. The highest BCUT2D eigenvalue weighted by Gasteiger charge is 2.41. The zero-order chi connectivity index (χ0) is 18.4. The fourth-order valence-corrected chi connectivity index (χ4v) is 4.12. The molecule has 1 aliphatic carbocycles. The number of ether oxygens (including phenoxy) is 2. The number of rotatable bonds is 7. The summed E-state index contributed by atoms with van der Waals surface area (Å²) < 4.78 is 11.4. The van der Waals surface area contributed by atoms with Crippen LogP contribution in [0.2, 0.25) is 0 Å². The average molecular weight is 360 g/mol. The van der Waals surface area contributed by atoms with Crippen LogP contribution < -0.4 is 10.1 Å². The molecule has 3 rings (SSSR count). The highest BCUT2D eigenvalue weighted by molar-refractivity contribution is 5.97. The first-order chi connectivity index (χ1) is 12.6. The molecule has 1 aromatic rings. The molecule has 1 aromatic carbocycles. The van der Waals surface area contributed by atoms with Gasteiger partial charge in [-0.05, 0) is 76.3 Å². The molecule has 5 heteroatoms. The number of methoxy groups -OCH3 is 1. The molecule has 1 atom stereocenters. The third-order valence-electron chi connectivity index (χ3n) is 5.92. The van der Waals surface area contributed by atoms with Crippen molar-refractivity contribution in [3.05, 3.63) is 24.3 Å². The minimum atomic E-state index is -0.652. The van der Waals surface area contributed by atoms with E-state index < -0.39 is 5.60 Å². The van der Waals surface area contributed by atoms with E-state index in [2.05, 4.69) is 17.1 Å². The number of benzene rings is 1. The van der Waals surface area contributed by atoms with Gasteiger partial charge in [0.1, 0.15) is 18.0 Å². The number of piperidine rings is 1. The van der Waals surface area contributed by atoms with E-state index in [1.165, 1.54) is 25.8 Å². The number of nitrogens with one attached hydrogen (secondary N) is 1. The molecule has 1 saturated carbocycles. The van der Waals surface area contributed by atoms with Crippen LogP contribution in [-0.4, -0.2) is 49.3 Å². The van der Waals surface area contributed by atoms with Crippen LogP contribution >= 0.6 is 0 Å². The van der Waals surface area contributed by atoms with Crippen LogP contribution in [0, 0.1) is 0 Å². The molecule has 0 bridgehead atoms. The zero-order valence-corrected chi connectivity index (χ0v) is 16.1. The van der Waals surface area contributed by atoms with Gasteiger partial charge in [0.15, 0.2) is 0 Å². The molecule has 0 spiro atoms. The van der Waals surface area contributed by atoms with Crippen molar-refractivity contribution in [2.24, 2.45) is 0 Å². The third kappa shape index (κ3) is 4.57. The van der Waals surface area contributed by atoms with Gasteiger partial charge < -0.3 is 14.8 Å². The Balaban J connectivity index is 1.46. The lowest BCUT2D eigenvalue weighted by Gasteiger charge is -2.33. The number of anilines is 1. The van der Waals surface area contributed by atoms with Gasteiger partial charge in [-0.15, -0.1) is 0 Å². The van der Waals surface area contributed by atoms with E-state index in [1.54, 1.807) is 7.11 Å². The van der Waals surface area contributed by atoms with Crippen LogP contribution in [0.5, 0.6) is 5.75 Å². The molecular weight excluding hydrogens is 328 g/mol. The number of hydrogen-bond donors (Lipinski definition) is 1. The highest BCUT2D eigenvalue weighted by atomic mass is 16.5. The van der Waals surface area contributed by atoms with Gasteiger partial charge >= 0.3 is 0 Å². The monoisotopic (exact) mass is 360 g/mol. The van der Waals surface area contributed by atoms with Crippen LogP contribution in [-0.2, 0) is 9.53 Å². The van der Waals surface area contributed by atoms with E-state index in [0.29, 0.717) is 12.6 Å². The van der Waals surface area contributed by atoms with E-state index in [4.69, 9.17) is 9.47 Å². The molecular formula is C21H32N2O3. The molecule has 0 aromatic heterocycles. The number of carbonyl (C=O) groups is 1.